The summed E-state index contributed by atoms with van der Waals surface area (Å²) in [6.45, 7) is 9.48. The second-order valence-corrected chi connectivity index (χ2v) is 6.76. The van der Waals surface area contributed by atoms with E-state index in [9.17, 15) is 0 Å². The minimum absolute atomic E-state index is 0.603. The molecule has 1 aliphatic rings. The van der Waals surface area contributed by atoms with Gasteiger partial charge in [-0.3, -0.25) is 14.9 Å². The van der Waals surface area contributed by atoms with Crippen LogP contribution in [0.25, 0.3) is 0 Å². The van der Waals surface area contributed by atoms with Crippen molar-refractivity contribution in [2.24, 2.45) is 4.99 Å². The topological polar surface area (TPSA) is 52.5 Å². The van der Waals surface area contributed by atoms with Crippen LogP contribution in [0, 0.1) is 0 Å². The van der Waals surface area contributed by atoms with E-state index in [-0.39, 0.29) is 0 Å². The third-order valence-electron chi connectivity index (χ3n) is 4.75. The smallest absolute Gasteiger partial charge is 0.191 e. The molecule has 1 aliphatic heterocycles. The third kappa shape index (κ3) is 7.43. The van der Waals surface area contributed by atoms with Crippen LogP contribution >= 0.6 is 0 Å². The van der Waals surface area contributed by atoms with E-state index in [2.05, 4.69) is 40.4 Å². The molecule has 0 radical (unpaired) electrons. The molecule has 1 atom stereocenters. The Balaban J connectivity index is 1.82. The highest BCUT2D eigenvalue weighted by Crippen LogP contribution is 2.17. The summed E-state index contributed by atoms with van der Waals surface area (Å²) in [4.78, 5) is 11.9. The zero-order chi connectivity index (χ0) is 17.7. The van der Waals surface area contributed by atoms with Gasteiger partial charge in [-0.2, -0.15) is 0 Å². The van der Waals surface area contributed by atoms with Crippen molar-refractivity contribution >= 4 is 5.96 Å². The van der Waals surface area contributed by atoms with Crippen LogP contribution in [-0.2, 0) is 6.42 Å². The molecular weight excluding hydrogens is 310 g/mol. The van der Waals surface area contributed by atoms with Gasteiger partial charge in [-0.1, -0.05) is 25.8 Å². The fourth-order valence-corrected chi connectivity index (χ4v) is 3.32. The Kier molecular flexibility index (Phi) is 9.34. The molecule has 0 aromatic carbocycles. The summed E-state index contributed by atoms with van der Waals surface area (Å²) in [7, 11) is 0. The van der Waals surface area contributed by atoms with Crippen molar-refractivity contribution in [1.82, 2.24) is 20.5 Å². The molecule has 2 heterocycles. The second kappa shape index (κ2) is 11.9. The Morgan fingerprint density at radius 2 is 2.20 bits per heavy atom. The van der Waals surface area contributed by atoms with Crippen molar-refractivity contribution in [3.8, 4) is 0 Å². The van der Waals surface area contributed by atoms with Gasteiger partial charge in [0.05, 0.1) is 6.54 Å². The van der Waals surface area contributed by atoms with Gasteiger partial charge < -0.3 is 10.6 Å². The summed E-state index contributed by atoms with van der Waals surface area (Å²) < 4.78 is 0. The highest BCUT2D eigenvalue weighted by atomic mass is 15.2. The van der Waals surface area contributed by atoms with Crippen molar-refractivity contribution < 1.29 is 0 Å². The molecule has 0 saturated carbocycles. The summed E-state index contributed by atoms with van der Waals surface area (Å²) in [5, 5.41) is 6.81. The molecule has 1 aromatic rings. The number of rotatable bonds is 9. The molecule has 1 unspecified atom stereocenters. The molecule has 0 spiro atoms. The highest BCUT2D eigenvalue weighted by Gasteiger charge is 2.21. The molecule has 5 heteroatoms. The predicted molar refractivity (Wildman–Crippen MR) is 106 cm³/mol. The van der Waals surface area contributed by atoms with Crippen molar-refractivity contribution in [1.29, 1.82) is 0 Å². The lowest BCUT2D eigenvalue weighted by Gasteiger charge is -2.35. The second-order valence-electron chi connectivity index (χ2n) is 6.76. The first-order valence-corrected chi connectivity index (χ1v) is 9.99. The van der Waals surface area contributed by atoms with Gasteiger partial charge in [-0.05, 0) is 51.4 Å². The number of piperidine rings is 1. The summed E-state index contributed by atoms with van der Waals surface area (Å²) in [6.07, 6.45) is 9.28. The molecule has 0 aliphatic carbocycles. The minimum Gasteiger partial charge on any atom is -0.357 e. The normalized spacial score (nSPS) is 19.0. The number of nitrogens with one attached hydrogen (secondary N) is 2. The molecule has 0 bridgehead atoms. The number of hydrogen-bond donors (Lipinski definition) is 2. The van der Waals surface area contributed by atoms with Gasteiger partial charge in [0.25, 0.3) is 0 Å². The molecule has 5 nitrogen and oxygen atoms in total. The first kappa shape index (κ1) is 19.7. The molecule has 25 heavy (non-hydrogen) atoms. The van der Waals surface area contributed by atoms with Gasteiger partial charge in [-0.15, -0.1) is 0 Å². The van der Waals surface area contributed by atoms with Crippen LogP contribution < -0.4 is 10.6 Å². The lowest BCUT2D eigenvalue weighted by molar-refractivity contribution is 0.151. The molecule has 2 N–H and O–H groups in total. The van der Waals surface area contributed by atoms with Gasteiger partial charge in [0, 0.05) is 37.4 Å². The summed E-state index contributed by atoms with van der Waals surface area (Å²) in [5.74, 6) is 0.930. The van der Waals surface area contributed by atoms with Gasteiger partial charge in [-0.25, -0.2) is 0 Å². The number of aromatic nitrogens is 1. The van der Waals surface area contributed by atoms with Crippen LogP contribution in [0.1, 0.15) is 51.6 Å². The Morgan fingerprint density at radius 3 is 2.96 bits per heavy atom. The van der Waals surface area contributed by atoms with E-state index in [1.54, 1.807) is 0 Å². The highest BCUT2D eigenvalue weighted by molar-refractivity contribution is 5.79. The lowest BCUT2D eigenvalue weighted by Crippen LogP contribution is -2.44. The Hall–Kier alpha value is -1.62. The average Bonchev–Trinajstić information content (AvgIpc) is 2.66. The SMILES string of the molecule is CCCCN1CCCCC1CN=C(NCC)NCCc1ccccn1. The Morgan fingerprint density at radius 1 is 1.28 bits per heavy atom. The summed E-state index contributed by atoms with van der Waals surface area (Å²) in [5.41, 5.74) is 1.11. The van der Waals surface area contributed by atoms with Crippen LogP contribution in [0.15, 0.2) is 29.4 Å². The molecule has 0 amide bonds. The first-order chi connectivity index (χ1) is 12.3. The summed E-state index contributed by atoms with van der Waals surface area (Å²) in [6, 6.07) is 6.66. The van der Waals surface area contributed by atoms with E-state index < -0.39 is 0 Å². The zero-order valence-corrected chi connectivity index (χ0v) is 16.0. The van der Waals surface area contributed by atoms with E-state index in [1.807, 2.05) is 18.3 Å². The number of hydrogen-bond acceptors (Lipinski definition) is 3. The van der Waals surface area contributed by atoms with E-state index in [1.165, 1.54) is 45.2 Å². The minimum atomic E-state index is 0.603. The van der Waals surface area contributed by atoms with Crippen LogP contribution in [-0.4, -0.2) is 54.6 Å². The maximum atomic E-state index is 4.86. The van der Waals surface area contributed by atoms with Crippen LogP contribution in [0.4, 0.5) is 0 Å². The molecule has 1 saturated heterocycles. The number of pyridine rings is 1. The maximum Gasteiger partial charge on any atom is 0.191 e. The Bertz CT molecular complexity index is 488. The molecular formula is C20H35N5. The fourth-order valence-electron chi connectivity index (χ4n) is 3.32. The zero-order valence-electron chi connectivity index (χ0n) is 16.0. The van der Waals surface area contributed by atoms with Crippen LogP contribution in [0.3, 0.4) is 0 Å². The standard InChI is InChI=1S/C20H35N5/c1-3-5-15-25-16-9-7-11-19(25)17-24-20(21-4-2)23-14-12-18-10-6-8-13-22-18/h6,8,10,13,19H,3-5,7,9,11-12,14-17H2,1-2H3,(H2,21,23,24). The van der Waals surface area contributed by atoms with E-state index in [0.717, 1.165) is 37.7 Å². The number of guanidine groups is 1. The lowest BCUT2D eigenvalue weighted by atomic mass is 10.0. The van der Waals surface area contributed by atoms with E-state index >= 15 is 0 Å². The van der Waals surface area contributed by atoms with Gasteiger partial charge in [0.15, 0.2) is 5.96 Å². The third-order valence-corrected chi connectivity index (χ3v) is 4.75. The first-order valence-electron chi connectivity index (χ1n) is 9.99. The fraction of sp³-hybridized carbons (Fsp3) is 0.700. The average molecular weight is 346 g/mol. The molecule has 2 rings (SSSR count). The predicted octanol–water partition coefficient (Wildman–Crippen LogP) is 2.83. The molecule has 140 valence electrons. The Labute approximate surface area is 153 Å². The van der Waals surface area contributed by atoms with Gasteiger partial charge in [0.1, 0.15) is 0 Å². The van der Waals surface area contributed by atoms with Crippen molar-refractivity contribution in [3.05, 3.63) is 30.1 Å². The number of likely N-dealkylation sites (tertiary alicyclic amines) is 1. The largest absolute Gasteiger partial charge is 0.357 e. The van der Waals surface area contributed by atoms with Gasteiger partial charge in [0.2, 0.25) is 0 Å². The molecule has 1 fully saturated rings. The number of aliphatic imine (C=N–C) groups is 1. The van der Waals surface area contributed by atoms with Crippen LogP contribution in [0.2, 0.25) is 0 Å². The van der Waals surface area contributed by atoms with Crippen molar-refractivity contribution in [2.75, 3.05) is 32.7 Å². The van der Waals surface area contributed by atoms with Gasteiger partial charge >= 0.3 is 0 Å². The van der Waals surface area contributed by atoms with Crippen molar-refractivity contribution in [3.63, 3.8) is 0 Å². The van der Waals surface area contributed by atoms with Crippen molar-refractivity contribution in [2.45, 2.75) is 58.4 Å². The summed E-state index contributed by atoms with van der Waals surface area (Å²) >= 11 is 0. The quantitative estimate of drug-likeness (QED) is 0.534. The van der Waals surface area contributed by atoms with E-state index in [4.69, 9.17) is 4.99 Å². The van der Waals surface area contributed by atoms with Crippen LogP contribution in [0.5, 0.6) is 0 Å². The van der Waals surface area contributed by atoms with E-state index in [0.29, 0.717) is 6.04 Å². The maximum absolute atomic E-state index is 4.86. The number of unbranched alkanes of at least 4 members (excludes halogenated alkanes) is 1. The number of nitrogens with zero attached hydrogens (tertiary/aromatic N) is 3. The molecule has 1 aromatic heterocycles. The monoisotopic (exact) mass is 345 g/mol.